The summed E-state index contributed by atoms with van der Waals surface area (Å²) in [7, 11) is 0. The van der Waals surface area contributed by atoms with Crippen molar-refractivity contribution >= 4 is 28.9 Å². The van der Waals surface area contributed by atoms with Crippen molar-refractivity contribution in [1.29, 1.82) is 0 Å². The van der Waals surface area contributed by atoms with Crippen LogP contribution in [0.2, 0.25) is 5.02 Å². The van der Waals surface area contributed by atoms with Gasteiger partial charge in [0.2, 0.25) is 0 Å². The highest BCUT2D eigenvalue weighted by Gasteiger charge is 2.34. The molecule has 0 aliphatic heterocycles. The van der Waals surface area contributed by atoms with Crippen LogP contribution in [0.4, 0.5) is 24.5 Å². The maximum Gasteiger partial charge on any atom is 0.418 e. The van der Waals surface area contributed by atoms with E-state index in [0.717, 1.165) is 12.1 Å². The number of nitro benzene ring substituents is 1. The largest absolute Gasteiger partial charge is 0.477 e. The highest BCUT2D eigenvalue weighted by atomic mass is 35.5. The van der Waals surface area contributed by atoms with Gasteiger partial charge >= 0.3 is 11.9 Å². The number of halogens is 4. The molecule has 2 rings (SSSR count). The first-order valence-electron chi connectivity index (χ1n) is 7.13. The molecular formula is C16H12ClF3N2O4. The lowest BCUT2D eigenvalue weighted by Crippen LogP contribution is -2.23. The van der Waals surface area contributed by atoms with Gasteiger partial charge in [-0.05, 0) is 30.7 Å². The van der Waals surface area contributed by atoms with Gasteiger partial charge < -0.3 is 10.1 Å². The van der Waals surface area contributed by atoms with E-state index in [9.17, 15) is 28.1 Å². The van der Waals surface area contributed by atoms with Crippen LogP contribution in [0.5, 0.6) is 5.75 Å². The Balaban J connectivity index is 2.17. The molecule has 1 amide bonds. The molecule has 0 heterocycles. The van der Waals surface area contributed by atoms with Gasteiger partial charge in [-0.1, -0.05) is 23.7 Å². The minimum absolute atomic E-state index is 0.166. The zero-order valence-electron chi connectivity index (χ0n) is 13.3. The summed E-state index contributed by atoms with van der Waals surface area (Å²) >= 11 is 5.74. The number of amides is 1. The van der Waals surface area contributed by atoms with E-state index < -0.39 is 34.9 Å². The number of alkyl halides is 3. The standard InChI is InChI=1S/C16H12ClF3N2O4/c1-9-5-6-12(22(24)25)13(7-9)26-8-14(23)21-15-10(16(18,19)20)3-2-4-11(15)17/h2-7H,8H2,1H3,(H,21,23). The van der Waals surface area contributed by atoms with Crippen molar-refractivity contribution in [1.82, 2.24) is 0 Å². The Hall–Kier alpha value is -2.81. The molecule has 6 nitrogen and oxygen atoms in total. The number of nitrogens with zero attached hydrogens (tertiary/aromatic N) is 1. The van der Waals surface area contributed by atoms with Gasteiger partial charge in [0.1, 0.15) is 0 Å². The molecule has 0 aromatic heterocycles. The minimum atomic E-state index is -4.72. The third-order valence-corrected chi connectivity index (χ3v) is 3.57. The van der Waals surface area contributed by atoms with Crippen molar-refractivity contribution in [3.05, 3.63) is 62.7 Å². The third kappa shape index (κ3) is 4.63. The maximum absolute atomic E-state index is 13.0. The fourth-order valence-corrected chi connectivity index (χ4v) is 2.32. The summed E-state index contributed by atoms with van der Waals surface area (Å²) in [6, 6.07) is 7.12. The number of carbonyl (C=O) groups is 1. The normalized spacial score (nSPS) is 11.1. The monoisotopic (exact) mass is 388 g/mol. The summed E-state index contributed by atoms with van der Waals surface area (Å²) < 4.78 is 44.1. The van der Waals surface area contributed by atoms with Crippen LogP contribution in [-0.4, -0.2) is 17.4 Å². The van der Waals surface area contributed by atoms with E-state index in [2.05, 4.69) is 0 Å². The van der Waals surface area contributed by atoms with Crippen LogP contribution in [0, 0.1) is 17.0 Å². The Morgan fingerprint density at radius 1 is 1.31 bits per heavy atom. The van der Waals surface area contributed by atoms with Gasteiger partial charge in [-0.15, -0.1) is 0 Å². The summed E-state index contributed by atoms with van der Waals surface area (Å²) in [5.74, 6) is -1.11. The van der Waals surface area contributed by atoms with Crippen molar-refractivity contribution in [2.45, 2.75) is 13.1 Å². The van der Waals surface area contributed by atoms with Crippen molar-refractivity contribution in [2.75, 3.05) is 11.9 Å². The number of para-hydroxylation sites is 1. The average Bonchev–Trinajstić information content (AvgIpc) is 2.53. The predicted molar refractivity (Wildman–Crippen MR) is 88.4 cm³/mol. The van der Waals surface area contributed by atoms with Crippen LogP contribution < -0.4 is 10.1 Å². The predicted octanol–water partition coefficient (Wildman–Crippen LogP) is 4.59. The van der Waals surface area contributed by atoms with E-state index in [1.54, 1.807) is 6.92 Å². The SMILES string of the molecule is Cc1ccc([N+](=O)[O-])c(OCC(=O)Nc2c(Cl)cccc2C(F)(F)F)c1. The van der Waals surface area contributed by atoms with Crippen molar-refractivity contribution in [3.63, 3.8) is 0 Å². The van der Waals surface area contributed by atoms with Crippen LogP contribution in [0.25, 0.3) is 0 Å². The number of nitrogens with one attached hydrogen (secondary N) is 1. The highest BCUT2D eigenvalue weighted by molar-refractivity contribution is 6.34. The quantitative estimate of drug-likeness (QED) is 0.600. The van der Waals surface area contributed by atoms with Gasteiger partial charge in [-0.2, -0.15) is 13.2 Å². The number of carbonyl (C=O) groups excluding carboxylic acids is 1. The van der Waals surface area contributed by atoms with E-state index in [1.165, 1.54) is 24.3 Å². The molecule has 2 aromatic carbocycles. The van der Waals surface area contributed by atoms with E-state index in [4.69, 9.17) is 16.3 Å². The van der Waals surface area contributed by atoms with Crippen LogP contribution in [0.1, 0.15) is 11.1 Å². The molecular weight excluding hydrogens is 377 g/mol. The minimum Gasteiger partial charge on any atom is -0.477 e. The smallest absolute Gasteiger partial charge is 0.418 e. The lowest BCUT2D eigenvalue weighted by molar-refractivity contribution is -0.385. The number of rotatable bonds is 5. The zero-order chi connectivity index (χ0) is 19.5. The first kappa shape index (κ1) is 19.5. The first-order chi connectivity index (χ1) is 12.1. The van der Waals surface area contributed by atoms with Crippen molar-refractivity contribution in [2.24, 2.45) is 0 Å². The summed E-state index contributed by atoms with van der Waals surface area (Å²) in [6.07, 6.45) is -4.72. The molecule has 0 bridgehead atoms. The van der Waals surface area contributed by atoms with Crippen LogP contribution in [0.15, 0.2) is 36.4 Å². The number of anilines is 1. The Labute approximate surface area is 150 Å². The second-order valence-corrected chi connectivity index (χ2v) is 5.63. The molecule has 0 saturated carbocycles. The molecule has 138 valence electrons. The summed E-state index contributed by atoms with van der Waals surface area (Å²) in [5.41, 5.74) is -1.43. The lowest BCUT2D eigenvalue weighted by Gasteiger charge is -2.15. The van der Waals surface area contributed by atoms with Gasteiger partial charge in [-0.25, -0.2) is 0 Å². The Morgan fingerprint density at radius 2 is 2.00 bits per heavy atom. The van der Waals surface area contributed by atoms with Gasteiger partial charge in [0.05, 0.1) is 21.2 Å². The average molecular weight is 389 g/mol. The molecule has 0 fully saturated rings. The molecule has 0 unspecified atom stereocenters. The number of aryl methyl sites for hydroxylation is 1. The van der Waals surface area contributed by atoms with Crippen LogP contribution >= 0.6 is 11.6 Å². The van der Waals surface area contributed by atoms with E-state index in [-0.39, 0.29) is 16.5 Å². The summed E-state index contributed by atoms with van der Waals surface area (Å²) in [4.78, 5) is 22.2. The fraction of sp³-hybridized carbons (Fsp3) is 0.188. The van der Waals surface area contributed by atoms with Crippen molar-refractivity contribution in [3.8, 4) is 5.75 Å². The van der Waals surface area contributed by atoms with Gasteiger partial charge in [0, 0.05) is 6.07 Å². The fourth-order valence-electron chi connectivity index (χ4n) is 2.09. The molecule has 0 radical (unpaired) electrons. The second kappa shape index (κ2) is 7.61. The van der Waals surface area contributed by atoms with Crippen molar-refractivity contribution < 1.29 is 27.6 Å². The van der Waals surface area contributed by atoms with Crippen LogP contribution in [0.3, 0.4) is 0 Å². The Bertz CT molecular complexity index is 856. The Kier molecular flexibility index (Phi) is 5.71. The lowest BCUT2D eigenvalue weighted by atomic mass is 10.1. The topological polar surface area (TPSA) is 81.5 Å². The van der Waals surface area contributed by atoms with Gasteiger partial charge in [-0.3, -0.25) is 14.9 Å². The number of benzene rings is 2. The third-order valence-electron chi connectivity index (χ3n) is 3.25. The van der Waals surface area contributed by atoms with E-state index in [0.29, 0.717) is 5.56 Å². The molecule has 10 heteroatoms. The van der Waals surface area contributed by atoms with E-state index >= 15 is 0 Å². The first-order valence-corrected chi connectivity index (χ1v) is 7.51. The number of nitro groups is 1. The molecule has 0 atom stereocenters. The number of hydrogen-bond donors (Lipinski definition) is 1. The maximum atomic E-state index is 13.0. The Morgan fingerprint density at radius 3 is 2.62 bits per heavy atom. The summed E-state index contributed by atoms with van der Waals surface area (Å²) in [5, 5.41) is 12.7. The number of ether oxygens (including phenoxy) is 1. The number of hydrogen-bond acceptors (Lipinski definition) is 4. The van der Waals surface area contributed by atoms with E-state index in [1.807, 2.05) is 5.32 Å². The molecule has 26 heavy (non-hydrogen) atoms. The molecule has 0 aliphatic carbocycles. The van der Waals surface area contributed by atoms with Gasteiger partial charge in [0.25, 0.3) is 5.91 Å². The molecule has 2 aromatic rings. The second-order valence-electron chi connectivity index (χ2n) is 5.23. The highest BCUT2D eigenvalue weighted by Crippen LogP contribution is 2.38. The molecule has 0 spiro atoms. The zero-order valence-corrected chi connectivity index (χ0v) is 14.0. The van der Waals surface area contributed by atoms with Gasteiger partial charge in [0.15, 0.2) is 12.4 Å². The molecule has 1 N–H and O–H groups in total. The van der Waals surface area contributed by atoms with Crippen LogP contribution in [-0.2, 0) is 11.0 Å². The summed E-state index contributed by atoms with van der Waals surface area (Å²) in [6.45, 7) is 0.933. The molecule has 0 aliphatic rings. The molecule has 0 saturated heterocycles.